The molecule has 2 heterocycles. The third-order valence-corrected chi connectivity index (χ3v) is 4.72. The maximum absolute atomic E-state index is 8.73. The molecular formula is C24H28Cl4N8O2. The molecule has 14 heteroatoms. The van der Waals surface area contributed by atoms with E-state index >= 15 is 0 Å². The normalized spacial score (nSPS) is 9.53. The fraction of sp³-hybridized carbons (Fsp3) is 0.167. The predicted molar refractivity (Wildman–Crippen MR) is 158 cm³/mol. The molecule has 0 saturated carbocycles. The standard InChI is InChI=1S/C12H13ClN4O.C10H7Cl2N3.C2H7NO.ClH/c13-9-2-1-3-10(6-9)17-12-7-11(14-4-5-18)15-8-16-12;11-7-2-1-3-8(4-7)15-10-5-9(12)13-6-14-10;3-1-2-4;/h1-3,6-8,18H,4-5H2,(H2,14,15,16,17);1-6H,(H,13,14,15);4H,1-3H2;1H. The van der Waals surface area contributed by atoms with Crippen molar-refractivity contribution in [3.63, 3.8) is 0 Å². The summed E-state index contributed by atoms with van der Waals surface area (Å²) >= 11 is 17.5. The van der Waals surface area contributed by atoms with Gasteiger partial charge in [0.1, 0.15) is 35.3 Å². The Labute approximate surface area is 242 Å². The van der Waals surface area contributed by atoms with E-state index in [1.54, 1.807) is 30.3 Å². The summed E-state index contributed by atoms with van der Waals surface area (Å²) in [6, 6.07) is 18.1. The van der Waals surface area contributed by atoms with Gasteiger partial charge >= 0.3 is 0 Å². The molecule has 0 spiro atoms. The van der Waals surface area contributed by atoms with E-state index in [1.165, 1.54) is 12.7 Å². The van der Waals surface area contributed by atoms with Crippen molar-refractivity contribution >= 4 is 76.0 Å². The lowest BCUT2D eigenvalue weighted by Gasteiger charge is -2.08. The number of halogens is 4. The average Bonchev–Trinajstić information content (AvgIpc) is 2.88. The molecule has 7 N–H and O–H groups in total. The molecule has 0 fully saturated rings. The number of rotatable bonds is 8. The van der Waals surface area contributed by atoms with Crippen molar-refractivity contribution in [2.24, 2.45) is 5.73 Å². The number of anilines is 5. The van der Waals surface area contributed by atoms with Crippen LogP contribution in [0.15, 0.2) is 73.3 Å². The van der Waals surface area contributed by atoms with E-state index in [0.717, 1.165) is 11.4 Å². The highest BCUT2D eigenvalue weighted by atomic mass is 35.5. The lowest BCUT2D eigenvalue weighted by Crippen LogP contribution is -2.07. The van der Waals surface area contributed by atoms with Crippen LogP contribution in [-0.4, -0.2) is 56.5 Å². The summed E-state index contributed by atoms with van der Waals surface area (Å²) < 4.78 is 0. The number of nitrogens with two attached hydrogens (primary N) is 1. The number of nitrogens with zero attached hydrogens (tertiary/aromatic N) is 4. The summed E-state index contributed by atoms with van der Waals surface area (Å²) in [5, 5.41) is 27.4. The molecule has 0 aliphatic rings. The van der Waals surface area contributed by atoms with Gasteiger partial charge in [-0.2, -0.15) is 0 Å². The van der Waals surface area contributed by atoms with Crippen molar-refractivity contribution in [3.05, 3.63) is 88.5 Å². The van der Waals surface area contributed by atoms with E-state index in [4.69, 9.17) is 50.7 Å². The molecule has 0 atom stereocenters. The number of nitrogens with one attached hydrogen (secondary N) is 3. The average molecular weight is 602 g/mol. The zero-order valence-electron chi connectivity index (χ0n) is 20.1. The summed E-state index contributed by atoms with van der Waals surface area (Å²) in [5.74, 6) is 1.95. The monoisotopic (exact) mass is 600 g/mol. The second-order valence-corrected chi connectivity index (χ2v) is 8.21. The van der Waals surface area contributed by atoms with Gasteiger partial charge in [0.05, 0.1) is 13.2 Å². The van der Waals surface area contributed by atoms with Crippen molar-refractivity contribution in [1.82, 2.24) is 19.9 Å². The topological polar surface area (TPSA) is 154 Å². The molecule has 4 rings (SSSR count). The number of benzene rings is 2. The molecule has 10 nitrogen and oxygen atoms in total. The van der Waals surface area contributed by atoms with E-state index in [9.17, 15) is 0 Å². The van der Waals surface area contributed by atoms with Crippen LogP contribution in [0.25, 0.3) is 0 Å². The summed E-state index contributed by atoms with van der Waals surface area (Å²) in [7, 11) is 0. The molecule has 0 amide bonds. The van der Waals surface area contributed by atoms with Crippen LogP contribution in [0.5, 0.6) is 0 Å². The lowest BCUT2D eigenvalue weighted by atomic mass is 10.3. The Kier molecular flexibility index (Phi) is 16.7. The largest absolute Gasteiger partial charge is 0.395 e. The third-order valence-electron chi connectivity index (χ3n) is 4.04. The minimum atomic E-state index is 0. The summed E-state index contributed by atoms with van der Waals surface area (Å²) in [5.41, 5.74) is 6.49. The molecule has 0 saturated heterocycles. The predicted octanol–water partition coefficient (Wildman–Crippen LogP) is 5.16. The van der Waals surface area contributed by atoms with Crippen LogP contribution >= 0.6 is 47.2 Å². The van der Waals surface area contributed by atoms with Gasteiger partial charge in [0, 0.05) is 46.6 Å². The molecule has 38 heavy (non-hydrogen) atoms. The number of aliphatic hydroxyl groups is 2. The van der Waals surface area contributed by atoms with Crippen LogP contribution in [0.4, 0.5) is 28.8 Å². The summed E-state index contributed by atoms with van der Waals surface area (Å²) in [4.78, 5) is 15.9. The second kappa shape index (κ2) is 19.2. The van der Waals surface area contributed by atoms with Crippen molar-refractivity contribution in [3.8, 4) is 0 Å². The molecule has 0 aliphatic heterocycles. The van der Waals surface area contributed by atoms with Crippen molar-refractivity contribution < 1.29 is 10.2 Å². The number of aliphatic hydroxyl groups excluding tert-OH is 2. The Morgan fingerprint density at radius 2 is 1.18 bits per heavy atom. The van der Waals surface area contributed by atoms with E-state index in [1.807, 2.05) is 30.3 Å². The molecule has 0 aliphatic carbocycles. The Morgan fingerprint density at radius 1 is 0.684 bits per heavy atom. The van der Waals surface area contributed by atoms with Crippen molar-refractivity contribution in [2.75, 3.05) is 42.3 Å². The molecule has 0 radical (unpaired) electrons. The van der Waals surface area contributed by atoms with Crippen LogP contribution in [0, 0.1) is 0 Å². The van der Waals surface area contributed by atoms with E-state index in [0.29, 0.717) is 45.7 Å². The molecule has 4 aromatic rings. The number of hydrogen-bond donors (Lipinski definition) is 6. The van der Waals surface area contributed by atoms with E-state index in [-0.39, 0.29) is 25.6 Å². The van der Waals surface area contributed by atoms with Crippen LogP contribution < -0.4 is 21.7 Å². The van der Waals surface area contributed by atoms with Gasteiger partial charge in [-0.15, -0.1) is 12.4 Å². The Balaban J connectivity index is 0.000000329. The second-order valence-electron chi connectivity index (χ2n) is 6.95. The van der Waals surface area contributed by atoms with Crippen molar-refractivity contribution in [1.29, 1.82) is 0 Å². The van der Waals surface area contributed by atoms with Gasteiger partial charge in [-0.05, 0) is 36.4 Å². The van der Waals surface area contributed by atoms with Gasteiger partial charge in [-0.1, -0.05) is 46.9 Å². The third kappa shape index (κ3) is 13.5. The molecular weight excluding hydrogens is 574 g/mol. The molecule has 0 bridgehead atoms. The first-order valence-electron chi connectivity index (χ1n) is 10.9. The quantitative estimate of drug-likeness (QED) is 0.149. The SMILES string of the molecule is Cl.Clc1cccc(Nc2cc(Cl)ncn2)c1.NCCO.OCCNc1cc(Nc2cccc(Cl)c2)ncn1. The van der Waals surface area contributed by atoms with Crippen molar-refractivity contribution in [2.45, 2.75) is 0 Å². The molecule has 0 unspecified atom stereocenters. The Morgan fingerprint density at radius 3 is 1.66 bits per heavy atom. The van der Waals surface area contributed by atoms with E-state index < -0.39 is 0 Å². The highest BCUT2D eigenvalue weighted by Gasteiger charge is 2.00. The zero-order chi connectivity index (χ0) is 26.9. The maximum Gasteiger partial charge on any atom is 0.135 e. The van der Waals surface area contributed by atoms with Crippen LogP contribution in [0.1, 0.15) is 0 Å². The lowest BCUT2D eigenvalue weighted by molar-refractivity contribution is 0.306. The Bertz CT molecular complexity index is 1180. The van der Waals surface area contributed by atoms with Gasteiger partial charge < -0.3 is 31.9 Å². The molecule has 2 aromatic carbocycles. The zero-order valence-corrected chi connectivity index (χ0v) is 23.1. The van der Waals surface area contributed by atoms with Gasteiger partial charge in [-0.3, -0.25) is 0 Å². The number of aromatic nitrogens is 4. The van der Waals surface area contributed by atoms with Crippen LogP contribution in [-0.2, 0) is 0 Å². The Hall–Kier alpha value is -2.96. The minimum Gasteiger partial charge on any atom is -0.395 e. The smallest absolute Gasteiger partial charge is 0.135 e. The van der Waals surface area contributed by atoms with Crippen LogP contribution in [0.3, 0.4) is 0 Å². The van der Waals surface area contributed by atoms with Gasteiger partial charge in [-0.25, -0.2) is 19.9 Å². The van der Waals surface area contributed by atoms with Gasteiger partial charge in [0.15, 0.2) is 0 Å². The fourth-order valence-electron chi connectivity index (χ4n) is 2.54. The highest BCUT2D eigenvalue weighted by molar-refractivity contribution is 6.31. The fourth-order valence-corrected chi connectivity index (χ4v) is 3.06. The summed E-state index contributed by atoms with van der Waals surface area (Å²) in [6.07, 6.45) is 2.85. The maximum atomic E-state index is 8.73. The van der Waals surface area contributed by atoms with Gasteiger partial charge in [0.2, 0.25) is 0 Å². The first-order chi connectivity index (χ1) is 17.9. The first-order valence-corrected chi connectivity index (χ1v) is 12.1. The van der Waals surface area contributed by atoms with E-state index in [2.05, 4.69) is 35.9 Å². The molecule has 204 valence electrons. The molecule has 2 aromatic heterocycles. The minimum absolute atomic E-state index is 0. The highest BCUT2D eigenvalue weighted by Crippen LogP contribution is 2.20. The van der Waals surface area contributed by atoms with Gasteiger partial charge in [0.25, 0.3) is 0 Å². The van der Waals surface area contributed by atoms with Crippen LogP contribution in [0.2, 0.25) is 15.2 Å². The first kappa shape index (κ1) is 33.1. The number of hydrogen-bond acceptors (Lipinski definition) is 10. The summed E-state index contributed by atoms with van der Waals surface area (Å²) in [6.45, 7) is 0.981.